The van der Waals surface area contributed by atoms with E-state index in [4.69, 9.17) is 4.74 Å². The molecule has 142 valence electrons. The summed E-state index contributed by atoms with van der Waals surface area (Å²) in [6.45, 7) is 1.85. The van der Waals surface area contributed by atoms with E-state index in [0.717, 1.165) is 11.4 Å². The van der Waals surface area contributed by atoms with Gasteiger partial charge in [0.1, 0.15) is 5.25 Å². The average molecular weight is 407 g/mol. The Labute approximate surface area is 163 Å². The summed E-state index contributed by atoms with van der Waals surface area (Å²) < 4.78 is 6.25. The maximum Gasteiger partial charge on any atom is 0.319 e. The lowest BCUT2D eigenvalue weighted by Gasteiger charge is -2.17. The van der Waals surface area contributed by atoms with Crippen LogP contribution in [0, 0.1) is 10.1 Å². The minimum absolute atomic E-state index is 0.0644. The quantitative estimate of drug-likeness (QED) is 0.237. The minimum Gasteiger partial charge on any atom is -0.468 e. The third-order valence-corrected chi connectivity index (χ3v) is 6.47. The SMILES string of the molecule is CC[C@H](Sc1nc2c(c(=O)n1-c1ccc([N+](=O)[O-])cc1)SCC2)C(=O)OC. The molecule has 1 aromatic carbocycles. The molecule has 0 radical (unpaired) electrons. The van der Waals surface area contributed by atoms with Crippen molar-refractivity contribution in [1.82, 2.24) is 9.55 Å². The van der Waals surface area contributed by atoms with Crippen LogP contribution in [0.2, 0.25) is 0 Å². The van der Waals surface area contributed by atoms with E-state index in [1.165, 1.54) is 59.5 Å². The topological polar surface area (TPSA) is 104 Å². The first-order valence-electron chi connectivity index (χ1n) is 8.24. The third-order valence-electron chi connectivity index (χ3n) is 4.07. The zero-order chi connectivity index (χ0) is 19.6. The zero-order valence-electron chi connectivity index (χ0n) is 14.7. The Morgan fingerprint density at radius 2 is 2.15 bits per heavy atom. The Balaban J connectivity index is 2.12. The van der Waals surface area contributed by atoms with E-state index in [0.29, 0.717) is 28.6 Å². The van der Waals surface area contributed by atoms with Gasteiger partial charge >= 0.3 is 5.97 Å². The van der Waals surface area contributed by atoms with Gasteiger partial charge < -0.3 is 4.74 Å². The number of hydrogen-bond acceptors (Lipinski definition) is 8. The van der Waals surface area contributed by atoms with Crippen molar-refractivity contribution in [2.24, 2.45) is 0 Å². The number of nitro benzene ring substituents is 1. The molecular formula is C17H17N3O5S2. The first-order chi connectivity index (χ1) is 13.0. The number of fused-ring (bicyclic) bond motifs is 1. The third kappa shape index (κ3) is 3.86. The van der Waals surface area contributed by atoms with E-state index in [9.17, 15) is 19.7 Å². The Morgan fingerprint density at radius 1 is 1.44 bits per heavy atom. The summed E-state index contributed by atoms with van der Waals surface area (Å²) in [4.78, 5) is 40.6. The van der Waals surface area contributed by atoms with Gasteiger partial charge in [-0.1, -0.05) is 18.7 Å². The van der Waals surface area contributed by atoms with E-state index in [2.05, 4.69) is 4.98 Å². The number of benzene rings is 1. The van der Waals surface area contributed by atoms with Gasteiger partial charge in [0.05, 0.1) is 28.3 Å². The highest BCUT2D eigenvalue weighted by atomic mass is 32.2. The molecule has 1 atom stereocenters. The number of methoxy groups -OCH3 is 1. The van der Waals surface area contributed by atoms with Crippen molar-refractivity contribution in [3.05, 3.63) is 50.4 Å². The number of carbonyl (C=O) groups is 1. The van der Waals surface area contributed by atoms with Gasteiger partial charge in [-0.2, -0.15) is 0 Å². The number of carbonyl (C=O) groups excluding carboxylic acids is 1. The molecule has 0 spiro atoms. The second kappa shape index (κ2) is 8.13. The van der Waals surface area contributed by atoms with Crippen LogP contribution < -0.4 is 5.56 Å². The van der Waals surface area contributed by atoms with Crippen molar-refractivity contribution in [3.63, 3.8) is 0 Å². The van der Waals surface area contributed by atoms with Crippen LogP contribution in [0.5, 0.6) is 0 Å². The largest absolute Gasteiger partial charge is 0.468 e. The fourth-order valence-electron chi connectivity index (χ4n) is 2.68. The average Bonchev–Trinajstić information content (AvgIpc) is 3.14. The lowest BCUT2D eigenvalue weighted by Crippen LogP contribution is -2.26. The van der Waals surface area contributed by atoms with Crippen LogP contribution in [0.15, 0.2) is 39.1 Å². The van der Waals surface area contributed by atoms with Crippen LogP contribution in [-0.4, -0.2) is 38.6 Å². The van der Waals surface area contributed by atoms with Gasteiger partial charge in [0.25, 0.3) is 11.2 Å². The number of nitro groups is 1. The molecule has 0 amide bonds. The summed E-state index contributed by atoms with van der Waals surface area (Å²) in [7, 11) is 1.32. The molecule has 0 N–H and O–H groups in total. The molecule has 0 fully saturated rings. The van der Waals surface area contributed by atoms with Gasteiger partial charge in [0.2, 0.25) is 0 Å². The summed E-state index contributed by atoms with van der Waals surface area (Å²) >= 11 is 2.62. The molecule has 3 rings (SSSR count). The Kier molecular flexibility index (Phi) is 5.85. The van der Waals surface area contributed by atoms with Crippen molar-refractivity contribution in [2.75, 3.05) is 12.9 Å². The monoisotopic (exact) mass is 407 g/mol. The number of rotatable bonds is 6. The van der Waals surface area contributed by atoms with Crippen LogP contribution >= 0.6 is 23.5 Å². The molecule has 0 aliphatic carbocycles. The standard InChI is InChI=1S/C17H17N3O5S2/c1-3-13(16(22)25-2)27-17-18-12-8-9-26-14(12)15(21)19(17)10-4-6-11(7-5-10)20(23)24/h4-7,13H,3,8-9H2,1-2H3/t13-/m0/s1. The van der Waals surface area contributed by atoms with Gasteiger partial charge in [-0.15, -0.1) is 11.8 Å². The van der Waals surface area contributed by atoms with Crippen LogP contribution in [0.4, 0.5) is 5.69 Å². The number of non-ortho nitro benzene ring substituents is 1. The molecule has 10 heteroatoms. The molecular weight excluding hydrogens is 390 g/mol. The van der Waals surface area contributed by atoms with Crippen molar-refractivity contribution in [2.45, 2.75) is 35.1 Å². The second-order valence-corrected chi connectivity index (χ2v) is 8.00. The van der Waals surface area contributed by atoms with Gasteiger partial charge in [-0.25, -0.2) is 4.98 Å². The molecule has 0 bridgehead atoms. The van der Waals surface area contributed by atoms with Crippen LogP contribution in [-0.2, 0) is 16.0 Å². The minimum atomic E-state index is -0.502. The predicted molar refractivity (Wildman–Crippen MR) is 103 cm³/mol. The van der Waals surface area contributed by atoms with Crippen molar-refractivity contribution < 1.29 is 14.5 Å². The van der Waals surface area contributed by atoms with Crippen LogP contribution in [0.25, 0.3) is 5.69 Å². The lowest BCUT2D eigenvalue weighted by molar-refractivity contribution is -0.384. The van der Waals surface area contributed by atoms with Crippen molar-refractivity contribution in [1.29, 1.82) is 0 Å². The Morgan fingerprint density at radius 3 is 2.74 bits per heavy atom. The number of nitrogens with zero attached hydrogens (tertiary/aromatic N) is 3. The van der Waals surface area contributed by atoms with E-state index in [1.54, 1.807) is 0 Å². The highest BCUT2D eigenvalue weighted by molar-refractivity contribution is 8.00. The molecule has 0 saturated heterocycles. The highest BCUT2D eigenvalue weighted by Gasteiger charge is 2.26. The molecule has 0 saturated carbocycles. The van der Waals surface area contributed by atoms with Crippen molar-refractivity contribution >= 4 is 35.2 Å². The van der Waals surface area contributed by atoms with Crippen LogP contribution in [0.3, 0.4) is 0 Å². The molecule has 27 heavy (non-hydrogen) atoms. The lowest BCUT2D eigenvalue weighted by atomic mass is 10.2. The number of aromatic nitrogens is 2. The summed E-state index contributed by atoms with van der Waals surface area (Å²) in [6, 6.07) is 5.70. The number of esters is 1. The molecule has 1 aliphatic rings. The molecule has 2 heterocycles. The highest BCUT2D eigenvalue weighted by Crippen LogP contribution is 2.32. The van der Waals surface area contributed by atoms with E-state index < -0.39 is 10.2 Å². The first kappa shape index (κ1) is 19.4. The smallest absolute Gasteiger partial charge is 0.319 e. The van der Waals surface area contributed by atoms with Crippen molar-refractivity contribution in [3.8, 4) is 5.69 Å². The van der Waals surface area contributed by atoms with Gasteiger partial charge in [-0.05, 0) is 18.6 Å². The Bertz CT molecular complexity index is 943. The van der Waals surface area contributed by atoms with E-state index >= 15 is 0 Å². The predicted octanol–water partition coefficient (Wildman–Crippen LogP) is 2.83. The molecule has 8 nitrogen and oxygen atoms in total. The number of hydrogen-bond donors (Lipinski definition) is 0. The molecule has 0 unspecified atom stereocenters. The molecule has 2 aromatic rings. The maximum atomic E-state index is 13.0. The number of ether oxygens (including phenoxy) is 1. The maximum absolute atomic E-state index is 13.0. The van der Waals surface area contributed by atoms with E-state index in [-0.39, 0.29) is 17.2 Å². The van der Waals surface area contributed by atoms with Gasteiger partial charge in [0, 0.05) is 24.3 Å². The zero-order valence-corrected chi connectivity index (χ0v) is 16.3. The molecule has 1 aliphatic heterocycles. The first-order valence-corrected chi connectivity index (χ1v) is 10.1. The fraction of sp³-hybridized carbons (Fsp3) is 0.353. The Hall–Kier alpha value is -2.33. The summed E-state index contributed by atoms with van der Waals surface area (Å²) in [6.07, 6.45) is 1.21. The second-order valence-electron chi connectivity index (χ2n) is 5.72. The van der Waals surface area contributed by atoms with Crippen LogP contribution in [0.1, 0.15) is 19.0 Å². The summed E-state index contributed by atoms with van der Waals surface area (Å²) in [5, 5.41) is 10.8. The van der Waals surface area contributed by atoms with Gasteiger partial charge in [-0.3, -0.25) is 24.3 Å². The fourth-order valence-corrected chi connectivity index (χ4v) is 4.78. The number of thioether (sulfide) groups is 2. The van der Waals surface area contributed by atoms with Gasteiger partial charge in [0.15, 0.2) is 5.16 Å². The summed E-state index contributed by atoms with van der Waals surface area (Å²) in [5.41, 5.74) is 0.907. The molecule has 1 aromatic heterocycles. The number of aryl methyl sites for hydroxylation is 1. The summed E-state index contributed by atoms with van der Waals surface area (Å²) in [5.74, 6) is 0.391. The van der Waals surface area contributed by atoms with E-state index in [1.807, 2.05) is 6.92 Å². The normalized spacial score (nSPS) is 13.9.